The van der Waals surface area contributed by atoms with Crippen LogP contribution in [0.25, 0.3) is 0 Å². The number of halogens is 3. The summed E-state index contributed by atoms with van der Waals surface area (Å²) < 4.78 is 51.8. The van der Waals surface area contributed by atoms with Crippen LogP contribution in [-0.2, 0) is 9.31 Å². The van der Waals surface area contributed by atoms with Crippen molar-refractivity contribution >= 4 is 7.12 Å². The molecule has 2 nitrogen and oxygen atoms in total. The molecule has 0 atom stereocenters. The van der Waals surface area contributed by atoms with E-state index >= 15 is 0 Å². The minimum Gasteiger partial charge on any atom is -0.398 e. The second-order valence-electron chi connectivity index (χ2n) is 6.36. The van der Waals surface area contributed by atoms with Gasteiger partial charge in [0, 0.05) is 0 Å². The Kier molecular flexibility index (Phi) is 5.02. The third kappa shape index (κ3) is 3.06. The molecule has 20 heavy (non-hydrogen) atoms. The lowest BCUT2D eigenvalue weighted by atomic mass is 9.77. The molecule has 0 spiro atoms. The molecule has 116 valence electrons. The van der Waals surface area contributed by atoms with Crippen molar-refractivity contribution < 1.29 is 22.5 Å². The van der Waals surface area contributed by atoms with Crippen LogP contribution in [-0.4, -0.2) is 24.7 Å². The second kappa shape index (κ2) is 5.72. The fourth-order valence-corrected chi connectivity index (χ4v) is 2.12. The van der Waals surface area contributed by atoms with Gasteiger partial charge in [0.25, 0.3) is 0 Å². The molecule has 1 fully saturated rings. The summed E-state index contributed by atoms with van der Waals surface area (Å²) in [5.74, 6) is 0. The van der Waals surface area contributed by atoms with Crippen LogP contribution in [0.5, 0.6) is 0 Å². The van der Waals surface area contributed by atoms with Gasteiger partial charge in [0.05, 0.1) is 16.6 Å². The highest BCUT2D eigenvalue weighted by Gasteiger charge is 2.53. The van der Waals surface area contributed by atoms with E-state index in [0.29, 0.717) is 0 Å². The van der Waals surface area contributed by atoms with Gasteiger partial charge in [-0.25, -0.2) is 13.2 Å². The Bertz CT molecular complexity index is 361. The maximum Gasteiger partial charge on any atom is 0.524 e. The summed E-state index contributed by atoms with van der Waals surface area (Å²) in [6.45, 7) is 10.4. The van der Waals surface area contributed by atoms with E-state index in [1.54, 1.807) is 41.5 Å². The molecule has 0 saturated carbocycles. The third-order valence-corrected chi connectivity index (χ3v) is 4.65. The van der Waals surface area contributed by atoms with Gasteiger partial charge in [-0.2, -0.15) is 0 Å². The zero-order chi connectivity index (χ0) is 15.8. The SMILES string of the molecule is CCC(C=C(F)B1OC(C)(C)C(C)(C)O1)(CC)C(F)F. The van der Waals surface area contributed by atoms with Crippen molar-refractivity contribution in [1.29, 1.82) is 0 Å². The van der Waals surface area contributed by atoms with Crippen LogP contribution in [0, 0.1) is 5.41 Å². The summed E-state index contributed by atoms with van der Waals surface area (Å²) in [6, 6.07) is 0. The van der Waals surface area contributed by atoms with Gasteiger partial charge in [-0.1, -0.05) is 13.8 Å². The topological polar surface area (TPSA) is 18.5 Å². The standard InChI is InChI=1S/C14H24BF3O2/c1-7-14(8-2,11(17)18)9-10(16)15-19-12(3,4)13(5,6)20-15/h9,11H,7-8H2,1-6H3. The highest BCUT2D eigenvalue weighted by molar-refractivity contribution is 6.53. The molecular formula is C14H24BF3O2. The van der Waals surface area contributed by atoms with E-state index in [4.69, 9.17) is 9.31 Å². The van der Waals surface area contributed by atoms with E-state index < -0.39 is 35.9 Å². The summed E-state index contributed by atoms with van der Waals surface area (Å²) in [7, 11) is -1.21. The van der Waals surface area contributed by atoms with E-state index in [1.807, 2.05) is 0 Å². The van der Waals surface area contributed by atoms with Crippen molar-refractivity contribution in [3.8, 4) is 0 Å². The Morgan fingerprint density at radius 2 is 1.50 bits per heavy atom. The Morgan fingerprint density at radius 1 is 1.10 bits per heavy atom. The molecule has 0 aromatic rings. The summed E-state index contributed by atoms with van der Waals surface area (Å²) >= 11 is 0. The lowest BCUT2D eigenvalue weighted by Crippen LogP contribution is -2.41. The Hall–Kier alpha value is -0.485. The van der Waals surface area contributed by atoms with Gasteiger partial charge in [0.15, 0.2) is 0 Å². The molecule has 1 saturated heterocycles. The molecule has 1 rings (SSSR count). The lowest BCUT2D eigenvalue weighted by molar-refractivity contribution is 0.00578. The summed E-state index contributed by atoms with van der Waals surface area (Å²) in [6.07, 6.45) is -1.31. The molecular weight excluding hydrogens is 268 g/mol. The first-order chi connectivity index (χ1) is 9.01. The molecule has 0 N–H and O–H groups in total. The summed E-state index contributed by atoms with van der Waals surface area (Å²) in [5.41, 5.74) is -3.61. The Morgan fingerprint density at radius 3 is 1.80 bits per heavy atom. The molecule has 1 aliphatic heterocycles. The largest absolute Gasteiger partial charge is 0.524 e. The van der Waals surface area contributed by atoms with Gasteiger partial charge in [-0.3, -0.25) is 0 Å². The van der Waals surface area contributed by atoms with Gasteiger partial charge >= 0.3 is 7.12 Å². The molecule has 1 heterocycles. The number of hydrogen-bond acceptors (Lipinski definition) is 2. The molecule has 0 amide bonds. The smallest absolute Gasteiger partial charge is 0.398 e. The summed E-state index contributed by atoms with van der Waals surface area (Å²) in [5, 5.41) is 0. The third-order valence-electron chi connectivity index (χ3n) is 4.65. The average molecular weight is 292 g/mol. The maximum atomic E-state index is 14.3. The normalized spacial score (nSPS) is 22.7. The van der Waals surface area contributed by atoms with E-state index in [-0.39, 0.29) is 12.8 Å². The maximum absolute atomic E-state index is 14.3. The van der Waals surface area contributed by atoms with Crippen LogP contribution < -0.4 is 0 Å². The van der Waals surface area contributed by atoms with Crippen molar-refractivity contribution in [1.82, 2.24) is 0 Å². The zero-order valence-corrected chi connectivity index (χ0v) is 13.1. The van der Waals surface area contributed by atoms with Crippen molar-refractivity contribution in [2.45, 2.75) is 72.0 Å². The molecule has 0 unspecified atom stereocenters. The predicted octanol–water partition coefficient (Wildman–Crippen LogP) is 4.54. The van der Waals surface area contributed by atoms with Gasteiger partial charge in [0.1, 0.15) is 5.73 Å². The quantitative estimate of drug-likeness (QED) is 0.692. The van der Waals surface area contributed by atoms with Crippen LogP contribution in [0.2, 0.25) is 0 Å². The van der Waals surface area contributed by atoms with Crippen LogP contribution >= 0.6 is 0 Å². The second-order valence-corrected chi connectivity index (χ2v) is 6.36. The highest BCUT2D eigenvalue weighted by Crippen LogP contribution is 2.41. The number of alkyl halides is 2. The van der Waals surface area contributed by atoms with Crippen LogP contribution in [0.4, 0.5) is 13.2 Å². The molecule has 1 aliphatic rings. The van der Waals surface area contributed by atoms with Gasteiger partial charge in [0.2, 0.25) is 6.43 Å². The first kappa shape index (κ1) is 17.6. The monoisotopic (exact) mass is 292 g/mol. The van der Waals surface area contributed by atoms with E-state index in [9.17, 15) is 13.2 Å². The molecule has 0 aromatic carbocycles. The minimum atomic E-state index is -2.62. The number of allylic oxidation sites excluding steroid dienone is 1. The van der Waals surface area contributed by atoms with Gasteiger partial charge < -0.3 is 9.31 Å². The van der Waals surface area contributed by atoms with Crippen molar-refractivity contribution in [2.75, 3.05) is 0 Å². The fourth-order valence-electron chi connectivity index (χ4n) is 2.12. The van der Waals surface area contributed by atoms with Crippen molar-refractivity contribution in [3.05, 3.63) is 11.8 Å². The van der Waals surface area contributed by atoms with E-state index in [0.717, 1.165) is 6.08 Å². The predicted molar refractivity (Wildman–Crippen MR) is 74.3 cm³/mol. The lowest BCUT2D eigenvalue weighted by Gasteiger charge is -2.32. The fraction of sp³-hybridized carbons (Fsp3) is 0.857. The number of rotatable bonds is 5. The van der Waals surface area contributed by atoms with Crippen LogP contribution in [0.1, 0.15) is 54.4 Å². The Balaban J connectivity index is 3.01. The van der Waals surface area contributed by atoms with Gasteiger partial charge in [-0.05, 0) is 46.6 Å². The molecule has 0 aliphatic carbocycles. The van der Waals surface area contributed by atoms with Crippen molar-refractivity contribution in [2.24, 2.45) is 5.41 Å². The zero-order valence-electron chi connectivity index (χ0n) is 13.1. The first-order valence-corrected chi connectivity index (χ1v) is 7.03. The Labute approximate surface area is 119 Å². The van der Waals surface area contributed by atoms with Gasteiger partial charge in [-0.15, -0.1) is 0 Å². The molecule has 0 bridgehead atoms. The molecule has 0 aromatic heterocycles. The van der Waals surface area contributed by atoms with Crippen LogP contribution in [0.15, 0.2) is 11.8 Å². The van der Waals surface area contributed by atoms with E-state index in [1.165, 1.54) is 0 Å². The summed E-state index contributed by atoms with van der Waals surface area (Å²) in [4.78, 5) is 0. The van der Waals surface area contributed by atoms with Crippen LogP contribution in [0.3, 0.4) is 0 Å². The molecule has 6 heteroatoms. The highest BCUT2D eigenvalue weighted by atomic mass is 19.3. The van der Waals surface area contributed by atoms with Crippen molar-refractivity contribution in [3.63, 3.8) is 0 Å². The molecule has 0 radical (unpaired) electrons. The first-order valence-electron chi connectivity index (χ1n) is 7.03. The van der Waals surface area contributed by atoms with E-state index in [2.05, 4.69) is 0 Å². The number of hydrogen-bond donors (Lipinski definition) is 0. The average Bonchev–Trinajstić information content (AvgIpc) is 2.55. The minimum absolute atomic E-state index is 0.161.